The first-order valence-corrected chi connectivity index (χ1v) is 6.36. The fraction of sp³-hybridized carbons (Fsp3) is 0.273. The number of H-pyrrole nitrogens is 1. The van der Waals surface area contributed by atoms with E-state index in [1.807, 2.05) is 25.1 Å². The minimum Gasteiger partial charge on any atom is -0.303 e. The smallest absolute Gasteiger partial charge is 0.141 e. The zero-order chi connectivity index (χ0) is 12.3. The van der Waals surface area contributed by atoms with E-state index in [1.54, 1.807) is 0 Å². The third kappa shape index (κ3) is 3.28. The van der Waals surface area contributed by atoms with Gasteiger partial charge in [-0.05, 0) is 30.7 Å². The van der Waals surface area contributed by atoms with Crippen LogP contribution in [0.2, 0.25) is 5.02 Å². The lowest BCUT2D eigenvalue weighted by molar-refractivity contribution is 0.548. The number of nitrogens with zero attached hydrogens (tertiary/aromatic N) is 2. The summed E-state index contributed by atoms with van der Waals surface area (Å²) in [6.45, 7) is 2.70. The van der Waals surface area contributed by atoms with Gasteiger partial charge in [0.1, 0.15) is 12.2 Å². The maximum absolute atomic E-state index is 6.11. The van der Waals surface area contributed by atoms with Gasteiger partial charge >= 0.3 is 0 Å². The SMILES string of the molecule is CC(NCc1cc(Br)ccc1Cl)c1ncn[nH]1. The molecule has 0 amide bonds. The highest BCUT2D eigenvalue weighted by molar-refractivity contribution is 9.10. The Kier molecular flexibility index (Phi) is 4.15. The second kappa shape index (κ2) is 5.62. The van der Waals surface area contributed by atoms with Crippen molar-refractivity contribution >= 4 is 27.5 Å². The molecule has 1 aromatic carbocycles. The molecule has 6 heteroatoms. The van der Waals surface area contributed by atoms with Gasteiger partial charge in [-0.15, -0.1) is 0 Å². The van der Waals surface area contributed by atoms with Gasteiger partial charge in [-0.2, -0.15) is 5.10 Å². The van der Waals surface area contributed by atoms with Gasteiger partial charge in [0, 0.05) is 16.0 Å². The average Bonchev–Trinajstić information content (AvgIpc) is 2.83. The molecule has 0 aliphatic rings. The second-order valence-electron chi connectivity index (χ2n) is 3.71. The highest BCUT2D eigenvalue weighted by atomic mass is 79.9. The lowest BCUT2D eigenvalue weighted by Crippen LogP contribution is -2.19. The molecule has 4 nitrogen and oxygen atoms in total. The fourth-order valence-corrected chi connectivity index (χ4v) is 2.05. The first kappa shape index (κ1) is 12.5. The van der Waals surface area contributed by atoms with Crippen LogP contribution >= 0.6 is 27.5 Å². The van der Waals surface area contributed by atoms with Crippen LogP contribution in [0.25, 0.3) is 0 Å². The summed E-state index contributed by atoms with van der Waals surface area (Å²) in [5.41, 5.74) is 1.05. The van der Waals surface area contributed by atoms with Gasteiger partial charge in [-0.3, -0.25) is 5.10 Å². The van der Waals surface area contributed by atoms with Crippen LogP contribution < -0.4 is 5.32 Å². The number of benzene rings is 1. The molecule has 2 aromatic rings. The molecule has 1 heterocycles. The van der Waals surface area contributed by atoms with E-state index in [0.29, 0.717) is 6.54 Å². The van der Waals surface area contributed by atoms with E-state index in [1.165, 1.54) is 6.33 Å². The molecule has 0 aliphatic heterocycles. The van der Waals surface area contributed by atoms with Crippen molar-refractivity contribution in [2.75, 3.05) is 0 Å². The Labute approximate surface area is 113 Å². The van der Waals surface area contributed by atoms with E-state index in [4.69, 9.17) is 11.6 Å². The number of rotatable bonds is 4. The lowest BCUT2D eigenvalue weighted by Gasteiger charge is -2.12. The molecule has 1 atom stereocenters. The Morgan fingerprint density at radius 1 is 1.53 bits per heavy atom. The predicted molar refractivity (Wildman–Crippen MR) is 70.8 cm³/mol. The molecule has 0 spiro atoms. The molecule has 0 saturated heterocycles. The highest BCUT2D eigenvalue weighted by Crippen LogP contribution is 2.21. The van der Waals surface area contributed by atoms with Gasteiger partial charge in [0.2, 0.25) is 0 Å². The highest BCUT2D eigenvalue weighted by Gasteiger charge is 2.08. The molecular formula is C11H12BrClN4. The summed E-state index contributed by atoms with van der Waals surface area (Å²) in [4.78, 5) is 4.10. The van der Waals surface area contributed by atoms with Crippen molar-refractivity contribution in [3.05, 3.63) is 45.4 Å². The van der Waals surface area contributed by atoms with Crippen molar-refractivity contribution in [2.45, 2.75) is 19.5 Å². The molecule has 2 N–H and O–H groups in total. The molecule has 1 unspecified atom stereocenters. The van der Waals surface area contributed by atoms with Gasteiger partial charge in [0.05, 0.1) is 6.04 Å². The van der Waals surface area contributed by atoms with E-state index < -0.39 is 0 Å². The number of aromatic nitrogens is 3. The quantitative estimate of drug-likeness (QED) is 0.911. The summed E-state index contributed by atoms with van der Waals surface area (Å²) in [5, 5.41) is 10.7. The van der Waals surface area contributed by atoms with E-state index in [9.17, 15) is 0 Å². The number of aromatic amines is 1. The lowest BCUT2D eigenvalue weighted by atomic mass is 10.2. The summed E-state index contributed by atoms with van der Waals surface area (Å²) in [5.74, 6) is 0.816. The Morgan fingerprint density at radius 3 is 3.06 bits per heavy atom. The van der Waals surface area contributed by atoms with Crippen LogP contribution in [-0.2, 0) is 6.54 Å². The molecule has 1 aromatic heterocycles. The van der Waals surface area contributed by atoms with E-state index in [2.05, 4.69) is 36.4 Å². The third-order valence-corrected chi connectivity index (χ3v) is 3.31. The average molecular weight is 316 g/mol. The largest absolute Gasteiger partial charge is 0.303 e. The molecular weight excluding hydrogens is 304 g/mol. The van der Waals surface area contributed by atoms with Gasteiger partial charge in [-0.1, -0.05) is 27.5 Å². The minimum absolute atomic E-state index is 0.104. The molecule has 0 bridgehead atoms. The normalized spacial score (nSPS) is 12.6. The van der Waals surface area contributed by atoms with Crippen LogP contribution in [0.3, 0.4) is 0 Å². The number of halogens is 2. The molecule has 90 valence electrons. The minimum atomic E-state index is 0.104. The standard InChI is InChI=1S/C11H12BrClN4/c1-7(11-15-6-16-17-11)14-5-8-4-9(12)2-3-10(8)13/h2-4,6-7,14H,5H2,1H3,(H,15,16,17). The summed E-state index contributed by atoms with van der Waals surface area (Å²) in [6.07, 6.45) is 1.50. The Balaban J connectivity index is 2.00. The van der Waals surface area contributed by atoms with Crippen LogP contribution in [0.5, 0.6) is 0 Å². The van der Waals surface area contributed by atoms with Crippen molar-refractivity contribution < 1.29 is 0 Å². The number of nitrogens with one attached hydrogen (secondary N) is 2. The van der Waals surface area contributed by atoms with Crippen LogP contribution in [0, 0.1) is 0 Å². The second-order valence-corrected chi connectivity index (χ2v) is 5.03. The summed E-state index contributed by atoms with van der Waals surface area (Å²) < 4.78 is 1.02. The van der Waals surface area contributed by atoms with Crippen molar-refractivity contribution in [1.29, 1.82) is 0 Å². The monoisotopic (exact) mass is 314 g/mol. The molecule has 0 fully saturated rings. The Bertz CT molecular complexity index is 486. The third-order valence-electron chi connectivity index (χ3n) is 2.45. The zero-order valence-corrected chi connectivity index (χ0v) is 11.6. The van der Waals surface area contributed by atoms with Gasteiger partial charge < -0.3 is 5.32 Å². The molecule has 0 aliphatic carbocycles. The number of hydrogen-bond donors (Lipinski definition) is 2. The summed E-state index contributed by atoms with van der Waals surface area (Å²) >= 11 is 9.54. The topological polar surface area (TPSA) is 53.6 Å². The molecule has 0 saturated carbocycles. The van der Waals surface area contributed by atoms with E-state index in [0.717, 1.165) is 20.9 Å². The van der Waals surface area contributed by atoms with E-state index in [-0.39, 0.29) is 6.04 Å². The van der Waals surface area contributed by atoms with Gasteiger partial charge in [0.25, 0.3) is 0 Å². The molecule has 0 radical (unpaired) electrons. The van der Waals surface area contributed by atoms with Crippen molar-refractivity contribution in [2.24, 2.45) is 0 Å². The van der Waals surface area contributed by atoms with Gasteiger partial charge in [-0.25, -0.2) is 4.98 Å². The molecule has 2 rings (SSSR count). The zero-order valence-electron chi connectivity index (χ0n) is 9.24. The maximum Gasteiger partial charge on any atom is 0.141 e. The fourth-order valence-electron chi connectivity index (χ4n) is 1.46. The van der Waals surface area contributed by atoms with Crippen LogP contribution in [0.1, 0.15) is 24.4 Å². The summed E-state index contributed by atoms with van der Waals surface area (Å²) in [7, 11) is 0. The first-order chi connectivity index (χ1) is 8.16. The van der Waals surface area contributed by atoms with E-state index >= 15 is 0 Å². The number of hydrogen-bond acceptors (Lipinski definition) is 3. The Hall–Kier alpha value is -0.910. The van der Waals surface area contributed by atoms with Gasteiger partial charge in [0.15, 0.2) is 0 Å². The van der Waals surface area contributed by atoms with Crippen LogP contribution in [0.15, 0.2) is 29.0 Å². The van der Waals surface area contributed by atoms with Crippen LogP contribution in [0.4, 0.5) is 0 Å². The van der Waals surface area contributed by atoms with Crippen LogP contribution in [-0.4, -0.2) is 15.2 Å². The first-order valence-electron chi connectivity index (χ1n) is 5.19. The van der Waals surface area contributed by atoms with Crippen molar-refractivity contribution in [3.8, 4) is 0 Å². The Morgan fingerprint density at radius 2 is 2.35 bits per heavy atom. The summed E-state index contributed by atoms with van der Waals surface area (Å²) in [6, 6.07) is 5.91. The van der Waals surface area contributed by atoms with Crippen molar-refractivity contribution in [3.63, 3.8) is 0 Å². The maximum atomic E-state index is 6.11. The molecule has 17 heavy (non-hydrogen) atoms. The predicted octanol–water partition coefficient (Wildman–Crippen LogP) is 3.07. The van der Waals surface area contributed by atoms with Crippen molar-refractivity contribution in [1.82, 2.24) is 20.5 Å².